The predicted octanol–water partition coefficient (Wildman–Crippen LogP) is 1.70. The van der Waals surface area contributed by atoms with Crippen LogP contribution >= 0.6 is 0 Å². The van der Waals surface area contributed by atoms with Crippen LogP contribution in [0.4, 0.5) is 5.69 Å². The van der Waals surface area contributed by atoms with Gasteiger partial charge in [-0.2, -0.15) is 0 Å². The molecule has 2 unspecified atom stereocenters. The zero-order chi connectivity index (χ0) is 15.7. The van der Waals surface area contributed by atoms with E-state index in [4.69, 9.17) is 5.11 Å². The molecule has 2 atom stereocenters. The molecule has 7 heteroatoms. The molecule has 1 heterocycles. The molecule has 0 saturated carbocycles. The maximum atomic E-state index is 12.5. The quantitative estimate of drug-likeness (QED) is 0.675. The van der Waals surface area contributed by atoms with E-state index < -0.39 is 16.8 Å². The number of hydrogen-bond donors (Lipinski definition) is 1. The minimum absolute atomic E-state index is 0.134. The van der Waals surface area contributed by atoms with Crippen molar-refractivity contribution >= 4 is 17.6 Å². The number of aliphatic carboxylic acids is 1. The highest BCUT2D eigenvalue weighted by atomic mass is 16.6. The molecule has 7 nitrogen and oxygen atoms in total. The Balaban J connectivity index is 2.27. The molecule has 2 rings (SSSR count). The van der Waals surface area contributed by atoms with Crippen molar-refractivity contribution in [2.24, 2.45) is 11.8 Å². The van der Waals surface area contributed by atoms with Gasteiger partial charge in [-0.25, -0.2) is 0 Å². The highest BCUT2D eigenvalue weighted by Crippen LogP contribution is 2.26. The number of non-ortho nitro benzene ring substituents is 1. The summed E-state index contributed by atoms with van der Waals surface area (Å²) in [5.74, 6) is -2.00. The minimum Gasteiger partial charge on any atom is -0.481 e. The molecule has 1 fully saturated rings. The topological polar surface area (TPSA) is 101 Å². The van der Waals surface area contributed by atoms with Crippen LogP contribution in [0.2, 0.25) is 0 Å². The number of nitro groups is 1. The van der Waals surface area contributed by atoms with Crippen LogP contribution in [0, 0.1) is 28.9 Å². The van der Waals surface area contributed by atoms with Gasteiger partial charge in [0.2, 0.25) is 0 Å². The number of nitrogens with zero attached hydrogens (tertiary/aromatic N) is 2. The number of carbonyl (C=O) groups is 2. The number of carboxylic acid groups (broad SMARTS) is 1. The second-order valence-electron chi connectivity index (χ2n) is 5.39. The zero-order valence-corrected chi connectivity index (χ0v) is 11.8. The van der Waals surface area contributed by atoms with Crippen LogP contribution in [-0.2, 0) is 4.79 Å². The monoisotopic (exact) mass is 292 g/mol. The lowest BCUT2D eigenvalue weighted by Crippen LogP contribution is -2.30. The van der Waals surface area contributed by atoms with Crippen LogP contribution in [0.15, 0.2) is 18.2 Å². The average molecular weight is 292 g/mol. The Hall–Kier alpha value is -2.44. The first-order valence-electron chi connectivity index (χ1n) is 6.58. The Morgan fingerprint density at radius 3 is 2.57 bits per heavy atom. The number of carboxylic acids is 1. The zero-order valence-electron chi connectivity index (χ0n) is 11.8. The first-order valence-corrected chi connectivity index (χ1v) is 6.58. The van der Waals surface area contributed by atoms with E-state index in [2.05, 4.69) is 0 Å². The van der Waals surface area contributed by atoms with Crippen molar-refractivity contribution in [1.82, 2.24) is 4.90 Å². The largest absolute Gasteiger partial charge is 0.481 e. The number of carbonyl (C=O) groups excluding carboxylic acids is 1. The van der Waals surface area contributed by atoms with Gasteiger partial charge in [0.1, 0.15) is 0 Å². The number of aryl methyl sites for hydroxylation is 1. The average Bonchev–Trinajstić information content (AvgIpc) is 2.80. The molecular weight excluding hydrogens is 276 g/mol. The summed E-state index contributed by atoms with van der Waals surface area (Å²) in [6.07, 6.45) is 0. The van der Waals surface area contributed by atoms with Gasteiger partial charge < -0.3 is 10.0 Å². The van der Waals surface area contributed by atoms with Crippen molar-refractivity contribution in [2.45, 2.75) is 13.8 Å². The summed E-state index contributed by atoms with van der Waals surface area (Å²) in [7, 11) is 0. The number of rotatable bonds is 3. The third kappa shape index (κ3) is 2.86. The Labute approximate surface area is 121 Å². The van der Waals surface area contributed by atoms with Crippen molar-refractivity contribution in [2.75, 3.05) is 13.1 Å². The van der Waals surface area contributed by atoms with Crippen molar-refractivity contribution < 1.29 is 19.6 Å². The third-order valence-electron chi connectivity index (χ3n) is 3.88. The molecule has 0 radical (unpaired) electrons. The maximum Gasteiger partial charge on any atom is 0.308 e. The van der Waals surface area contributed by atoms with Crippen LogP contribution < -0.4 is 0 Å². The fourth-order valence-corrected chi connectivity index (χ4v) is 2.58. The first-order chi connectivity index (χ1) is 9.81. The summed E-state index contributed by atoms with van der Waals surface area (Å²) in [6.45, 7) is 3.97. The van der Waals surface area contributed by atoms with E-state index in [0.29, 0.717) is 12.1 Å². The number of benzene rings is 1. The van der Waals surface area contributed by atoms with Gasteiger partial charge in [0.15, 0.2) is 0 Å². The second-order valence-corrected chi connectivity index (χ2v) is 5.39. The molecule has 1 aromatic rings. The minimum atomic E-state index is -0.923. The van der Waals surface area contributed by atoms with Crippen LogP contribution in [0.3, 0.4) is 0 Å². The normalized spacial score (nSPS) is 21.3. The molecule has 112 valence electrons. The van der Waals surface area contributed by atoms with E-state index in [0.717, 1.165) is 0 Å². The lowest BCUT2D eigenvalue weighted by Gasteiger charge is -2.17. The van der Waals surface area contributed by atoms with E-state index in [1.54, 1.807) is 13.8 Å². The third-order valence-corrected chi connectivity index (χ3v) is 3.88. The molecule has 1 saturated heterocycles. The molecule has 0 bridgehead atoms. The van der Waals surface area contributed by atoms with Crippen LogP contribution in [0.25, 0.3) is 0 Å². The summed E-state index contributed by atoms with van der Waals surface area (Å²) >= 11 is 0. The maximum absolute atomic E-state index is 12.5. The smallest absolute Gasteiger partial charge is 0.308 e. The number of amides is 1. The fraction of sp³-hybridized carbons (Fsp3) is 0.429. The number of likely N-dealkylation sites (tertiary alicyclic amines) is 1. The van der Waals surface area contributed by atoms with Crippen molar-refractivity contribution in [3.63, 3.8) is 0 Å². The Morgan fingerprint density at radius 2 is 2.05 bits per heavy atom. The van der Waals surface area contributed by atoms with Gasteiger partial charge in [-0.15, -0.1) is 0 Å². The standard InChI is InChI=1S/C14H16N2O5/c1-8-3-4-10(16(20)21)5-11(8)13(17)15-6-9(2)12(7-15)14(18)19/h3-5,9,12H,6-7H2,1-2H3,(H,18,19). The van der Waals surface area contributed by atoms with Crippen molar-refractivity contribution in [3.8, 4) is 0 Å². The molecule has 0 spiro atoms. The van der Waals surface area contributed by atoms with E-state index >= 15 is 0 Å². The summed E-state index contributed by atoms with van der Waals surface area (Å²) in [4.78, 5) is 35.3. The highest BCUT2D eigenvalue weighted by Gasteiger charge is 2.37. The summed E-state index contributed by atoms with van der Waals surface area (Å²) < 4.78 is 0. The van der Waals surface area contributed by atoms with E-state index in [-0.39, 0.29) is 29.6 Å². The van der Waals surface area contributed by atoms with Crippen molar-refractivity contribution in [1.29, 1.82) is 0 Å². The van der Waals surface area contributed by atoms with Crippen LogP contribution in [0.1, 0.15) is 22.8 Å². The predicted molar refractivity (Wildman–Crippen MR) is 74.0 cm³/mol. The number of hydrogen-bond acceptors (Lipinski definition) is 4. The Morgan fingerprint density at radius 1 is 1.38 bits per heavy atom. The second kappa shape index (κ2) is 5.51. The molecule has 1 amide bonds. The molecule has 1 N–H and O–H groups in total. The molecule has 21 heavy (non-hydrogen) atoms. The molecule has 0 aromatic heterocycles. The molecular formula is C14H16N2O5. The Bertz CT molecular complexity index is 613. The SMILES string of the molecule is Cc1ccc([N+](=O)[O-])cc1C(=O)N1CC(C)C(C(=O)O)C1. The van der Waals surface area contributed by atoms with Gasteiger partial charge in [0.05, 0.1) is 10.8 Å². The number of nitro benzene ring substituents is 1. The van der Waals surface area contributed by atoms with Gasteiger partial charge in [0.25, 0.3) is 11.6 Å². The fourth-order valence-electron chi connectivity index (χ4n) is 2.58. The Kier molecular flexibility index (Phi) is 3.93. The molecule has 1 aromatic carbocycles. The van der Waals surface area contributed by atoms with Gasteiger partial charge >= 0.3 is 5.97 Å². The van der Waals surface area contributed by atoms with E-state index in [1.807, 2.05) is 0 Å². The lowest BCUT2D eigenvalue weighted by molar-refractivity contribution is -0.384. The lowest BCUT2D eigenvalue weighted by atomic mass is 9.99. The van der Waals surface area contributed by atoms with Crippen LogP contribution in [0.5, 0.6) is 0 Å². The molecule has 1 aliphatic rings. The van der Waals surface area contributed by atoms with Gasteiger partial charge in [-0.1, -0.05) is 13.0 Å². The summed E-state index contributed by atoms with van der Waals surface area (Å²) in [5.41, 5.74) is 0.741. The van der Waals surface area contributed by atoms with Gasteiger partial charge in [0, 0.05) is 30.8 Å². The summed E-state index contributed by atoms with van der Waals surface area (Å²) in [5, 5.41) is 19.9. The van der Waals surface area contributed by atoms with E-state index in [1.165, 1.54) is 23.1 Å². The first kappa shape index (κ1) is 15.0. The van der Waals surface area contributed by atoms with Gasteiger partial charge in [-0.3, -0.25) is 19.7 Å². The van der Waals surface area contributed by atoms with Crippen molar-refractivity contribution in [3.05, 3.63) is 39.4 Å². The van der Waals surface area contributed by atoms with Crippen LogP contribution in [-0.4, -0.2) is 39.9 Å². The molecule has 0 aliphatic carbocycles. The van der Waals surface area contributed by atoms with Gasteiger partial charge in [-0.05, 0) is 18.4 Å². The summed E-state index contributed by atoms with van der Waals surface area (Å²) in [6, 6.07) is 4.12. The molecule has 1 aliphatic heterocycles. The van der Waals surface area contributed by atoms with E-state index in [9.17, 15) is 19.7 Å². The highest BCUT2D eigenvalue weighted by molar-refractivity contribution is 5.96.